The highest BCUT2D eigenvalue weighted by Gasteiger charge is 2.51. The Morgan fingerprint density at radius 3 is 2.53 bits per heavy atom. The number of hydrogen-bond acceptors (Lipinski definition) is 3. The van der Waals surface area contributed by atoms with E-state index >= 15 is 0 Å². The van der Waals surface area contributed by atoms with Gasteiger partial charge in [0.15, 0.2) is 0 Å². The number of rotatable bonds is 2. The minimum Gasteiger partial charge on any atom is -0.296 e. The number of carbonyl (C=O) groups is 2. The average Bonchev–Trinajstić information content (AvgIpc) is 3.10. The molecule has 0 unspecified atom stereocenters. The standard InChI is InChI=1S/C13H12BrN3O2/c14-9-3-1-8(2-4-9)13(5-6-13)11(19)17-12-15-7-10(18)16-12/h1-4H,5-7H2,(H2,15,16,17,18,19). The molecule has 5 nitrogen and oxygen atoms in total. The molecule has 0 radical (unpaired) electrons. The van der Waals surface area contributed by atoms with Crippen molar-refractivity contribution in [3.8, 4) is 0 Å². The molecule has 2 aliphatic rings. The fourth-order valence-corrected chi connectivity index (χ4v) is 2.47. The van der Waals surface area contributed by atoms with Crippen molar-refractivity contribution in [2.24, 2.45) is 4.99 Å². The predicted octanol–water partition coefficient (Wildman–Crippen LogP) is 1.08. The van der Waals surface area contributed by atoms with Crippen molar-refractivity contribution >= 4 is 33.7 Å². The Labute approximate surface area is 118 Å². The van der Waals surface area contributed by atoms with Crippen LogP contribution in [0, 0.1) is 0 Å². The van der Waals surface area contributed by atoms with Gasteiger partial charge in [-0.1, -0.05) is 28.1 Å². The maximum Gasteiger partial charge on any atom is 0.248 e. The van der Waals surface area contributed by atoms with Crippen molar-refractivity contribution in [2.75, 3.05) is 6.54 Å². The lowest BCUT2D eigenvalue weighted by atomic mass is 9.95. The third-order valence-electron chi connectivity index (χ3n) is 3.45. The van der Waals surface area contributed by atoms with Crippen molar-refractivity contribution in [1.29, 1.82) is 0 Å². The quantitative estimate of drug-likeness (QED) is 0.855. The zero-order chi connectivity index (χ0) is 13.5. The summed E-state index contributed by atoms with van der Waals surface area (Å²) in [7, 11) is 0. The molecule has 0 bridgehead atoms. The Balaban J connectivity index is 1.76. The lowest BCUT2D eigenvalue weighted by molar-refractivity contribution is -0.122. The largest absolute Gasteiger partial charge is 0.296 e. The van der Waals surface area contributed by atoms with Crippen LogP contribution < -0.4 is 10.6 Å². The number of guanidine groups is 1. The van der Waals surface area contributed by atoms with Crippen LogP contribution in [0.5, 0.6) is 0 Å². The van der Waals surface area contributed by atoms with Crippen molar-refractivity contribution in [3.63, 3.8) is 0 Å². The molecule has 19 heavy (non-hydrogen) atoms. The summed E-state index contributed by atoms with van der Waals surface area (Å²) in [5.74, 6) is -0.0297. The summed E-state index contributed by atoms with van der Waals surface area (Å²) in [5, 5.41) is 5.21. The molecule has 1 aliphatic heterocycles. The van der Waals surface area contributed by atoms with Crippen LogP contribution in [0.1, 0.15) is 18.4 Å². The number of nitrogens with zero attached hydrogens (tertiary/aromatic N) is 1. The van der Waals surface area contributed by atoms with E-state index in [1.807, 2.05) is 24.3 Å². The van der Waals surface area contributed by atoms with Crippen LogP contribution in [0.25, 0.3) is 0 Å². The van der Waals surface area contributed by atoms with Crippen LogP contribution >= 0.6 is 15.9 Å². The number of amides is 2. The smallest absolute Gasteiger partial charge is 0.248 e. The first-order valence-corrected chi connectivity index (χ1v) is 6.81. The summed E-state index contributed by atoms with van der Waals surface area (Å²) < 4.78 is 0.986. The molecule has 6 heteroatoms. The van der Waals surface area contributed by atoms with Gasteiger partial charge in [-0.25, -0.2) is 4.99 Å². The second-order valence-electron chi connectivity index (χ2n) is 4.76. The molecule has 1 aliphatic carbocycles. The third kappa shape index (κ3) is 2.28. The van der Waals surface area contributed by atoms with Crippen LogP contribution in [-0.4, -0.2) is 24.3 Å². The van der Waals surface area contributed by atoms with Crippen LogP contribution in [-0.2, 0) is 15.0 Å². The lowest BCUT2D eigenvalue weighted by Crippen LogP contribution is -2.44. The maximum absolute atomic E-state index is 12.3. The van der Waals surface area contributed by atoms with Crippen LogP contribution in [0.2, 0.25) is 0 Å². The summed E-state index contributed by atoms with van der Waals surface area (Å²) in [4.78, 5) is 27.3. The molecule has 0 spiro atoms. The van der Waals surface area contributed by atoms with Crippen LogP contribution in [0.4, 0.5) is 0 Å². The molecule has 1 aromatic carbocycles. The van der Waals surface area contributed by atoms with Gasteiger partial charge in [0.05, 0.1) is 5.41 Å². The molecule has 2 amide bonds. The SMILES string of the molecule is O=C1CN=C(NC(=O)C2(c3ccc(Br)cc3)CC2)N1. The molecule has 1 saturated carbocycles. The van der Waals surface area contributed by atoms with Gasteiger partial charge in [0, 0.05) is 4.47 Å². The summed E-state index contributed by atoms with van der Waals surface area (Å²) in [6.45, 7) is 0.0842. The Bertz CT molecular complexity index is 576. The summed E-state index contributed by atoms with van der Waals surface area (Å²) in [6, 6.07) is 7.76. The summed E-state index contributed by atoms with van der Waals surface area (Å²) in [6.07, 6.45) is 1.64. The van der Waals surface area contributed by atoms with E-state index in [0.29, 0.717) is 0 Å². The second-order valence-corrected chi connectivity index (χ2v) is 5.67. The lowest BCUT2D eigenvalue weighted by Gasteiger charge is -2.15. The van der Waals surface area contributed by atoms with Gasteiger partial charge in [0.2, 0.25) is 17.8 Å². The minimum absolute atomic E-state index is 0.0842. The average molecular weight is 322 g/mol. The Hall–Kier alpha value is -1.69. The Kier molecular flexibility index (Phi) is 2.89. The first-order chi connectivity index (χ1) is 9.10. The molecule has 0 atom stereocenters. The number of halogens is 1. The molecule has 1 heterocycles. The second kappa shape index (κ2) is 4.45. The summed E-state index contributed by atoms with van der Waals surface area (Å²) in [5.41, 5.74) is 0.536. The van der Waals surface area contributed by atoms with Gasteiger partial charge in [-0.05, 0) is 30.5 Å². The third-order valence-corrected chi connectivity index (χ3v) is 3.98. The minimum atomic E-state index is -0.462. The molecule has 1 fully saturated rings. The van der Waals surface area contributed by atoms with E-state index in [2.05, 4.69) is 31.6 Å². The normalized spacial score (nSPS) is 19.6. The zero-order valence-corrected chi connectivity index (χ0v) is 11.7. The van der Waals surface area contributed by atoms with Crippen LogP contribution in [0.15, 0.2) is 33.7 Å². The van der Waals surface area contributed by atoms with E-state index in [0.717, 1.165) is 22.9 Å². The van der Waals surface area contributed by atoms with Gasteiger partial charge >= 0.3 is 0 Å². The zero-order valence-electron chi connectivity index (χ0n) is 10.1. The van der Waals surface area contributed by atoms with E-state index in [1.165, 1.54) is 0 Å². The van der Waals surface area contributed by atoms with E-state index in [9.17, 15) is 9.59 Å². The fourth-order valence-electron chi connectivity index (χ4n) is 2.20. The van der Waals surface area contributed by atoms with Crippen molar-refractivity contribution in [2.45, 2.75) is 18.3 Å². The van der Waals surface area contributed by atoms with Gasteiger partial charge in [-0.15, -0.1) is 0 Å². The van der Waals surface area contributed by atoms with Crippen molar-refractivity contribution in [1.82, 2.24) is 10.6 Å². The number of carbonyl (C=O) groups excluding carboxylic acids is 2. The Morgan fingerprint density at radius 1 is 1.32 bits per heavy atom. The van der Waals surface area contributed by atoms with Gasteiger partial charge < -0.3 is 0 Å². The number of hydrogen-bond donors (Lipinski definition) is 2. The van der Waals surface area contributed by atoms with E-state index < -0.39 is 5.41 Å². The first-order valence-electron chi connectivity index (χ1n) is 6.02. The highest BCUT2D eigenvalue weighted by atomic mass is 79.9. The molecule has 0 saturated heterocycles. The van der Waals surface area contributed by atoms with E-state index in [4.69, 9.17) is 0 Å². The highest BCUT2D eigenvalue weighted by molar-refractivity contribution is 9.10. The summed E-state index contributed by atoms with van der Waals surface area (Å²) >= 11 is 3.38. The molecule has 3 rings (SSSR count). The van der Waals surface area contributed by atoms with Crippen molar-refractivity contribution in [3.05, 3.63) is 34.3 Å². The fraction of sp³-hybridized carbons (Fsp3) is 0.308. The monoisotopic (exact) mass is 321 g/mol. The molecule has 2 N–H and O–H groups in total. The highest BCUT2D eigenvalue weighted by Crippen LogP contribution is 2.48. The van der Waals surface area contributed by atoms with Gasteiger partial charge in [0.1, 0.15) is 6.54 Å². The predicted molar refractivity (Wildman–Crippen MR) is 73.6 cm³/mol. The topological polar surface area (TPSA) is 70.6 Å². The maximum atomic E-state index is 12.3. The van der Waals surface area contributed by atoms with E-state index in [-0.39, 0.29) is 24.3 Å². The van der Waals surface area contributed by atoms with Crippen LogP contribution in [0.3, 0.4) is 0 Å². The molecular weight excluding hydrogens is 310 g/mol. The molecular formula is C13H12BrN3O2. The Morgan fingerprint density at radius 2 is 2.00 bits per heavy atom. The van der Waals surface area contributed by atoms with Gasteiger partial charge in [0.25, 0.3) is 0 Å². The van der Waals surface area contributed by atoms with Crippen molar-refractivity contribution < 1.29 is 9.59 Å². The number of benzene rings is 1. The molecule has 98 valence electrons. The van der Waals surface area contributed by atoms with E-state index in [1.54, 1.807) is 0 Å². The number of nitrogens with one attached hydrogen (secondary N) is 2. The molecule has 1 aromatic rings. The first kappa shape index (κ1) is 12.3. The van der Waals surface area contributed by atoms with Gasteiger partial charge in [-0.3, -0.25) is 20.2 Å². The van der Waals surface area contributed by atoms with Gasteiger partial charge in [-0.2, -0.15) is 0 Å². The number of aliphatic imine (C=N–C) groups is 1. The molecule has 0 aromatic heterocycles.